The van der Waals surface area contributed by atoms with E-state index in [1.54, 1.807) is 0 Å². The quantitative estimate of drug-likeness (QED) is 0.922. The van der Waals surface area contributed by atoms with Gasteiger partial charge in [0.05, 0.1) is 5.69 Å². The Morgan fingerprint density at radius 1 is 1.39 bits per heavy atom. The molecule has 1 unspecified atom stereocenters. The Bertz CT molecular complexity index is 639. The van der Waals surface area contributed by atoms with Crippen LogP contribution in [0, 0.1) is 12.8 Å². The maximum absolute atomic E-state index is 6.03. The molecule has 1 aliphatic heterocycles. The van der Waals surface area contributed by atoms with Gasteiger partial charge in [-0.05, 0) is 44.4 Å². The summed E-state index contributed by atoms with van der Waals surface area (Å²) in [5.41, 5.74) is 2.34. The van der Waals surface area contributed by atoms with Crippen molar-refractivity contribution in [3.05, 3.63) is 47.8 Å². The Labute approximate surface area is 138 Å². The average Bonchev–Trinajstić information content (AvgIpc) is 2.99. The second-order valence-electron chi connectivity index (χ2n) is 6.48. The molecule has 124 valence electrons. The highest BCUT2D eigenvalue weighted by Crippen LogP contribution is 2.32. The van der Waals surface area contributed by atoms with E-state index in [1.807, 2.05) is 31.7 Å². The van der Waals surface area contributed by atoms with Crippen molar-refractivity contribution in [2.24, 2.45) is 13.0 Å². The van der Waals surface area contributed by atoms with Gasteiger partial charge in [-0.2, -0.15) is 0 Å². The first kappa shape index (κ1) is 16.1. The minimum Gasteiger partial charge on any atom is -0.370 e. The third-order valence-corrected chi connectivity index (χ3v) is 4.62. The van der Waals surface area contributed by atoms with Crippen LogP contribution in [0.15, 0.2) is 30.7 Å². The highest BCUT2D eigenvalue weighted by atomic mass is 16.5. The smallest absolute Gasteiger partial charge is 0.137 e. The van der Waals surface area contributed by atoms with Gasteiger partial charge in [0.1, 0.15) is 11.9 Å². The zero-order valence-corrected chi connectivity index (χ0v) is 14.2. The highest BCUT2D eigenvalue weighted by molar-refractivity contribution is 5.16. The summed E-state index contributed by atoms with van der Waals surface area (Å²) in [6, 6.07) is 4.41. The van der Waals surface area contributed by atoms with E-state index in [9.17, 15) is 0 Å². The van der Waals surface area contributed by atoms with Crippen molar-refractivity contribution in [2.45, 2.75) is 38.8 Å². The van der Waals surface area contributed by atoms with Crippen LogP contribution in [-0.4, -0.2) is 27.7 Å². The molecule has 0 bridgehead atoms. The zero-order valence-electron chi connectivity index (χ0n) is 14.2. The largest absolute Gasteiger partial charge is 0.370 e. The van der Waals surface area contributed by atoms with Gasteiger partial charge < -0.3 is 14.6 Å². The first-order valence-electron chi connectivity index (χ1n) is 8.40. The van der Waals surface area contributed by atoms with Crippen molar-refractivity contribution in [2.75, 3.05) is 13.2 Å². The number of pyridine rings is 1. The molecule has 0 radical (unpaired) electrons. The maximum atomic E-state index is 6.03. The first-order valence-corrected chi connectivity index (χ1v) is 8.40. The molecule has 5 heteroatoms. The Balaban J connectivity index is 1.64. The topological polar surface area (TPSA) is 52.0 Å². The molecule has 0 spiro atoms. The Hall–Kier alpha value is -1.72. The molecule has 1 saturated heterocycles. The van der Waals surface area contributed by atoms with Crippen LogP contribution in [0.5, 0.6) is 0 Å². The van der Waals surface area contributed by atoms with E-state index >= 15 is 0 Å². The maximum Gasteiger partial charge on any atom is 0.137 e. The van der Waals surface area contributed by atoms with Crippen LogP contribution in [0.2, 0.25) is 0 Å². The van der Waals surface area contributed by atoms with Gasteiger partial charge in [-0.15, -0.1) is 0 Å². The van der Waals surface area contributed by atoms with Crippen molar-refractivity contribution in [1.82, 2.24) is 19.9 Å². The zero-order chi connectivity index (χ0) is 16.2. The Morgan fingerprint density at radius 3 is 3.00 bits per heavy atom. The summed E-state index contributed by atoms with van der Waals surface area (Å²) >= 11 is 0. The van der Waals surface area contributed by atoms with Crippen molar-refractivity contribution in [3.63, 3.8) is 0 Å². The van der Waals surface area contributed by atoms with Gasteiger partial charge in [0.15, 0.2) is 0 Å². The van der Waals surface area contributed by atoms with E-state index in [2.05, 4.69) is 39.8 Å². The van der Waals surface area contributed by atoms with E-state index in [1.165, 1.54) is 12.0 Å². The molecule has 0 amide bonds. The molecule has 23 heavy (non-hydrogen) atoms. The van der Waals surface area contributed by atoms with Gasteiger partial charge in [-0.1, -0.05) is 0 Å². The number of rotatable bonds is 5. The molecule has 1 N–H and O–H groups in total. The minimum atomic E-state index is 0.0777. The fraction of sp³-hybridized carbons (Fsp3) is 0.556. The van der Waals surface area contributed by atoms with E-state index in [0.717, 1.165) is 31.1 Å². The fourth-order valence-corrected chi connectivity index (χ4v) is 3.22. The standard InChI is InChI=1S/C18H26N4O/c1-13-6-7-19-16(11-13)14(2)21-12-15-5-4-10-23-17(15)18-20-8-9-22(18)3/h6-9,11,14-15,17,21H,4-5,10,12H2,1-3H3/t14?,15-,17+/m0/s1. The van der Waals surface area contributed by atoms with Gasteiger partial charge in [0.25, 0.3) is 0 Å². The average molecular weight is 314 g/mol. The van der Waals surface area contributed by atoms with Crippen LogP contribution in [-0.2, 0) is 11.8 Å². The van der Waals surface area contributed by atoms with Gasteiger partial charge in [-0.3, -0.25) is 4.98 Å². The van der Waals surface area contributed by atoms with Crippen LogP contribution in [0.25, 0.3) is 0 Å². The number of imidazole rings is 1. The van der Waals surface area contributed by atoms with E-state index < -0.39 is 0 Å². The predicted octanol–water partition coefficient (Wildman–Crippen LogP) is 2.94. The molecule has 1 fully saturated rings. The Morgan fingerprint density at radius 2 is 2.26 bits per heavy atom. The number of hydrogen-bond acceptors (Lipinski definition) is 4. The molecule has 0 aliphatic carbocycles. The van der Waals surface area contributed by atoms with Crippen LogP contribution in [0.4, 0.5) is 0 Å². The summed E-state index contributed by atoms with van der Waals surface area (Å²) in [6.07, 6.45) is 8.06. The number of ether oxygens (including phenoxy) is 1. The van der Waals surface area contributed by atoms with Gasteiger partial charge >= 0.3 is 0 Å². The summed E-state index contributed by atoms with van der Waals surface area (Å²) in [6.45, 7) is 6.00. The number of aromatic nitrogens is 3. The third kappa shape index (κ3) is 3.79. The van der Waals surface area contributed by atoms with E-state index in [0.29, 0.717) is 5.92 Å². The normalized spacial score (nSPS) is 22.9. The lowest BCUT2D eigenvalue weighted by atomic mass is 9.93. The van der Waals surface area contributed by atoms with Gasteiger partial charge in [0.2, 0.25) is 0 Å². The van der Waals surface area contributed by atoms with Gasteiger partial charge in [-0.25, -0.2) is 4.98 Å². The van der Waals surface area contributed by atoms with Crippen LogP contribution < -0.4 is 5.32 Å². The summed E-state index contributed by atoms with van der Waals surface area (Å²) in [4.78, 5) is 8.96. The van der Waals surface area contributed by atoms with Crippen molar-refractivity contribution in [1.29, 1.82) is 0 Å². The highest BCUT2D eigenvalue weighted by Gasteiger charge is 2.30. The molecule has 5 nitrogen and oxygen atoms in total. The van der Waals surface area contributed by atoms with Crippen LogP contribution in [0.3, 0.4) is 0 Å². The second-order valence-corrected chi connectivity index (χ2v) is 6.48. The van der Waals surface area contributed by atoms with Crippen molar-refractivity contribution < 1.29 is 4.74 Å². The number of hydrogen-bond donors (Lipinski definition) is 1. The Kier molecular flexibility index (Phi) is 5.08. The van der Waals surface area contributed by atoms with Crippen molar-refractivity contribution >= 4 is 0 Å². The molecule has 1 aliphatic rings. The summed E-state index contributed by atoms with van der Waals surface area (Å²) in [5, 5.41) is 3.63. The number of aryl methyl sites for hydroxylation is 2. The molecule has 3 atom stereocenters. The molecular weight excluding hydrogens is 288 g/mol. The van der Waals surface area contributed by atoms with E-state index in [4.69, 9.17) is 4.74 Å². The lowest BCUT2D eigenvalue weighted by molar-refractivity contribution is -0.0349. The van der Waals surface area contributed by atoms with Crippen LogP contribution >= 0.6 is 0 Å². The monoisotopic (exact) mass is 314 g/mol. The molecule has 0 aromatic carbocycles. The SMILES string of the molecule is Cc1ccnc(C(C)NC[C@@H]2CCCO[C@H]2c2nccn2C)c1. The summed E-state index contributed by atoms with van der Waals surface area (Å²) in [5.74, 6) is 1.47. The molecular formula is C18H26N4O. The third-order valence-electron chi connectivity index (χ3n) is 4.62. The second kappa shape index (κ2) is 7.23. The van der Waals surface area contributed by atoms with Crippen LogP contribution in [0.1, 0.15) is 49.0 Å². The molecule has 0 saturated carbocycles. The van der Waals surface area contributed by atoms with Crippen molar-refractivity contribution in [3.8, 4) is 0 Å². The molecule has 3 heterocycles. The number of nitrogens with zero attached hydrogens (tertiary/aromatic N) is 3. The summed E-state index contributed by atoms with van der Waals surface area (Å²) in [7, 11) is 2.03. The first-order chi connectivity index (χ1) is 11.1. The fourth-order valence-electron chi connectivity index (χ4n) is 3.22. The molecule has 2 aromatic heterocycles. The molecule has 3 rings (SSSR count). The lowest BCUT2D eigenvalue weighted by Crippen LogP contribution is -2.34. The molecule has 2 aromatic rings. The predicted molar refractivity (Wildman–Crippen MR) is 90.0 cm³/mol. The lowest BCUT2D eigenvalue weighted by Gasteiger charge is -2.32. The minimum absolute atomic E-state index is 0.0777. The summed E-state index contributed by atoms with van der Waals surface area (Å²) < 4.78 is 8.10. The van der Waals surface area contributed by atoms with E-state index in [-0.39, 0.29) is 12.1 Å². The number of nitrogens with one attached hydrogen (secondary N) is 1. The van der Waals surface area contributed by atoms with Gasteiger partial charge in [0, 0.05) is 50.7 Å².